The van der Waals surface area contributed by atoms with Crippen LogP contribution in [-0.2, 0) is 14.2 Å². The molecule has 5 nitrogen and oxygen atoms in total. The van der Waals surface area contributed by atoms with Gasteiger partial charge in [0.2, 0.25) is 0 Å². The van der Waals surface area contributed by atoms with Crippen molar-refractivity contribution in [2.75, 3.05) is 59.1 Å². The predicted molar refractivity (Wildman–Crippen MR) is 79.7 cm³/mol. The summed E-state index contributed by atoms with van der Waals surface area (Å²) >= 11 is 0. The first-order valence-corrected chi connectivity index (χ1v) is 6.81. The van der Waals surface area contributed by atoms with Gasteiger partial charge in [-0.1, -0.05) is 6.07 Å². The molecule has 1 rings (SSSR count). The molecule has 0 amide bonds. The summed E-state index contributed by atoms with van der Waals surface area (Å²) in [6.07, 6.45) is 0. The van der Waals surface area contributed by atoms with E-state index in [0.29, 0.717) is 33.0 Å². The Morgan fingerprint density at radius 1 is 0.950 bits per heavy atom. The summed E-state index contributed by atoms with van der Waals surface area (Å²) in [5.41, 5.74) is 2.19. The predicted octanol–water partition coefficient (Wildman–Crippen LogP) is 2.10. The number of hydrogen-bond acceptors (Lipinski definition) is 5. The van der Waals surface area contributed by atoms with Crippen LogP contribution in [0, 0.1) is 6.92 Å². The lowest BCUT2D eigenvalue weighted by Crippen LogP contribution is -2.14. The van der Waals surface area contributed by atoms with Crippen molar-refractivity contribution in [1.29, 1.82) is 0 Å². The zero-order valence-electron chi connectivity index (χ0n) is 12.6. The van der Waals surface area contributed by atoms with Crippen molar-refractivity contribution in [1.82, 2.24) is 0 Å². The summed E-state index contributed by atoms with van der Waals surface area (Å²) in [7, 11) is 3.33. The molecule has 0 radical (unpaired) electrons. The number of benzene rings is 1. The van der Waals surface area contributed by atoms with E-state index in [0.717, 1.165) is 18.0 Å². The third-order valence-electron chi connectivity index (χ3n) is 2.72. The highest BCUT2D eigenvalue weighted by atomic mass is 16.5. The lowest BCUT2D eigenvalue weighted by molar-refractivity contribution is 0.0272. The Hall–Kier alpha value is -1.30. The summed E-state index contributed by atoms with van der Waals surface area (Å²) in [5.74, 6) is 0.846. The van der Waals surface area contributed by atoms with Gasteiger partial charge >= 0.3 is 0 Å². The van der Waals surface area contributed by atoms with Gasteiger partial charge in [-0.2, -0.15) is 0 Å². The Morgan fingerprint density at radius 3 is 2.35 bits per heavy atom. The molecule has 0 heterocycles. The van der Waals surface area contributed by atoms with E-state index in [-0.39, 0.29) is 0 Å². The van der Waals surface area contributed by atoms with Gasteiger partial charge in [-0.15, -0.1) is 0 Å². The second-order valence-electron chi connectivity index (χ2n) is 4.35. The molecule has 0 aliphatic carbocycles. The topological polar surface area (TPSA) is 49.0 Å². The molecule has 0 spiro atoms. The van der Waals surface area contributed by atoms with Crippen molar-refractivity contribution in [3.63, 3.8) is 0 Å². The minimum absolute atomic E-state index is 0.594. The van der Waals surface area contributed by atoms with E-state index < -0.39 is 0 Å². The third kappa shape index (κ3) is 6.75. The molecule has 0 saturated heterocycles. The average molecular weight is 283 g/mol. The minimum atomic E-state index is 0.594. The maximum Gasteiger partial charge on any atom is 0.141 e. The largest absolute Gasteiger partial charge is 0.495 e. The van der Waals surface area contributed by atoms with E-state index in [1.165, 1.54) is 5.56 Å². The van der Waals surface area contributed by atoms with Crippen LogP contribution in [0.4, 0.5) is 5.69 Å². The molecular weight excluding hydrogens is 258 g/mol. The fraction of sp³-hybridized carbons (Fsp3) is 0.600. The quantitative estimate of drug-likeness (QED) is 0.630. The second-order valence-corrected chi connectivity index (χ2v) is 4.35. The molecule has 5 heteroatoms. The summed E-state index contributed by atoms with van der Waals surface area (Å²) in [6, 6.07) is 6.05. The molecule has 0 fully saturated rings. The summed E-state index contributed by atoms with van der Waals surface area (Å²) in [5, 5.41) is 3.31. The van der Waals surface area contributed by atoms with Gasteiger partial charge in [0.15, 0.2) is 0 Å². The van der Waals surface area contributed by atoms with Gasteiger partial charge in [0.1, 0.15) is 5.75 Å². The van der Waals surface area contributed by atoms with Gasteiger partial charge in [-0.05, 0) is 24.6 Å². The van der Waals surface area contributed by atoms with Crippen molar-refractivity contribution >= 4 is 5.69 Å². The van der Waals surface area contributed by atoms with Gasteiger partial charge < -0.3 is 24.3 Å². The Bertz CT molecular complexity index is 371. The van der Waals surface area contributed by atoms with Crippen molar-refractivity contribution in [2.24, 2.45) is 0 Å². The van der Waals surface area contributed by atoms with Gasteiger partial charge in [0.25, 0.3) is 0 Å². The minimum Gasteiger partial charge on any atom is -0.495 e. The number of rotatable bonds is 11. The average Bonchev–Trinajstić information content (AvgIpc) is 2.46. The standard InChI is InChI=1S/C15H25NO4/c1-13-4-5-15(18-3)14(12-13)16-6-7-19-10-11-20-9-8-17-2/h4-5,12,16H,6-11H2,1-3H3. The summed E-state index contributed by atoms with van der Waals surface area (Å²) < 4.78 is 20.9. The number of nitrogens with one attached hydrogen (secondary N) is 1. The van der Waals surface area contributed by atoms with Crippen LogP contribution in [-0.4, -0.2) is 53.8 Å². The van der Waals surface area contributed by atoms with Gasteiger partial charge in [-0.25, -0.2) is 0 Å². The molecule has 114 valence electrons. The number of ether oxygens (including phenoxy) is 4. The SMILES string of the molecule is COCCOCCOCCNc1cc(C)ccc1OC. The highest BCUT2D eigenvalue weighted by Gasteiger charge is 2.01. The molecular formula is C15H25NO4. The fourth-order valence-corrected chi connectivity index (χ4v) is 1.68. The van der Waals surface area contributed by atoms with Crippen molar-refractivity contribution in [3.8, 4) is 5.75 Å². The second kappa shape index (κ2) is 10.5. The van der Waals surface area contributed by atoms with Crippen LogP contribution in [0.25, 0.3) is 0 Å². The molecule has 1 aromatic carbocycles. The fourth-order valence-electron chi connectivity index (χ4n) is 1.68. The highest BCUT2D eigenvalue weighted by Crippen LogP contribution is 2.24. The van der Waals surface area contributed by atoms with Gasteiger partial charge in [-0.3, -0.25) is 0 Å². The molecule has 0 unspecified atom stereocenters. The molecule has 0 aliphatic rings. The Balaban J connectivity index is 2.10. The van der Waals surface area contributed by atoms with E-state index in [9.17, 15) is 0 Å². The van der Waals surface area contributed by atoms with Crippen molar-refractivity contribution < 1.29 is 18.9 Å². The van der Waals surface area contributed by atoms with Crippen LogP contribution in [0.15, 0.2) is 18.2 Å². The van der Waals surface area contributed by atoms with E-state index in [1.54, 1.807) is 14.2 Å². The van der Waals surface area contributed by atoms with Crippen molar-refractivity contribution in [3.05, 3.63) is 23.8 Å². The van der Waals surface area contributed by atoms with E-state index in [4.69, 9.17) is 18.9 Å². The Labute approximate surface area is 121 Å². The van der Waals surface area contributed by atoms with Crippen LogP contribution >= 0.6 is 0 Å². The third-order valence-corrected chi connectivity index (χ3v) is 2.72. The van der Waals surface area contributed by atoms with Gasteiger partial charge in [0.05, 0.1) is 45.8 Å². The zero-order valence-corrected chi connectivity index (χ0v) is 12.6. The lowest BCUT2D eigenvalue weighted by Gasteiger charge is -2.12. The van der Waals surface area contributed by atoms with Gasteiger partial charge in [0, 0.05) is 13.7 Å². The van der Waals surface area contributed by atoms with Crippen LogP contribution in [0.2, 0.25) is 0 Å². The molecule has 20 heavy (non-hydrogen) atoms. The monoisotopic (exact) mass is 283 g/mol. The maximum absolute atomic E-state index is 5.47. The molecule has 0 aromatic heterocycles. The normalized spacial score (nSPS) is 10.6. The molecule has 0 atom stereocenters. The van der Waals surface area contributed by atoms with Crippen molar-refractivity contribution in [2.45, 2.75) is 6.92 Å². The van der Waals surface area contributed by atoms with Crippen LogP contribution in [0.3, 0.4) is 0 Å². The first kappa shape index (κ1) is 16.8. The first-order valence-electron chi connectivity index (χ1n) is 6.81. The Kier molecular flexibility index (Phi) is 8.78. The number of anilines is 1. The zero-order chi connectivity index (χ0) is 14.6. The van der Waals surface area contributed by atoms with Crippen LogP contribution in [0.5, 0.6) is 5.75 Å². The highest BCUT2D eigenvalue weighted by molar-refractivity contribution is 5.57. The molecule has 0 bridgehead atoms. The van der Waals surface area contributed by atoms with E-state index >= 15 is 0 Å². The first-order chi connectivity index (χ1) is 9.77. The number of hydrogen-bond donors (Lipinski definition) is 1. The summed E-state index contributed by atoms with van der Waals surface area (Å²) in [6.45, 7) is 5.84. The lowest BCUT2D eigenvalue weighted by atomic mass is 10.2. The number of aryl methyl sites for hydroxylation is 1. The molecule has 1 N–H and O–H groups in total. The molecule has 0 saturated carbocycles. The smallest absolute Gasteiger partial charge is 0.141 e. The Morgan fingerprint density at radius 2 is 1.65 bits per heavy atom. The molecule has 0 aliphatic heterocycles. The molecule has 1 aromatic rings. The van der Waals surface area contributed by atoms with Crippen LogP contribution < -0.4 is 10.1 Å². The number of methoxy groups -OCH3 is 2. The van der Waals surface area contributed by atoms with Crippen LogP contribution in [0.1, 0.15) is 5.56 Å². The maximum atomic E-state index is 5.47. The summed E-state index contributed by atoms with van der Waals surface area (Å²) in [4.78, 5) is 0. The van der Waals surface area contributed by atoms with E-state index in [2.05, 4.69) is 18.3 Å². The van der Waals surface area contributed by atoms with E-state index in [1.807, 2.05) is 12.1 Å².